The first-order valence-corrected chi connectivity index (χ1v) is 6.85. The molecule has 0 unspecified atom stereocenters. The molecule has 1 aromatic carbocycles. The number of fused-ring (bicyclic) bond motifs is 1. The average Bonchev–Trinajstić information content (AvgIpc) is 2.51. The van der Waals surface area contributed by atoms with Crippen molar-refractivity contribution in [3.63, 3.8) is 0 Å². The Morgan fingerprint density at radius 1 is 1.19 bits per heavy atom. The fourth-order valence-corrected chi connectivity index (χ4v) is 2.62. The predicted octanol–water partition coefficient (Wildman–Crippen LogP) is -0.139. The van der Waals surface area contributed by atoms with E-state index in [0.717, 1.165) is 5.69 Å². The van der Waals surface area contributed by atoms with E-state index in [-0.39, 0.29) is 12.1 Å². The number of benzene rings is 1. The molecule has 2 fully saturated rings. The molecule has 0 radical (unpaired) electrons. The minimum Gasteiger partial charge on any atom is -0.346 e. The van der Waals surface area contributed by atoms with Gasteiger partial charge in [0.25, 0.3) is 0 Å². The first-order valence-electron chi connectivity index (χ1n) is 6.85. The van der Waals surface area contributed by atoms with E-state index in [1.807, 2.05) is 30.3 Å². The minimum atomic E-state index is -0.562. The summed E-state index contributed by atoms with van der Waals surface area (Å²) >= 11 is 0. The van der Waals surface area contributed by atoms with Crippen molar-refractivity contribution in [1.82, 2.24) is 15.1 Å². The zero-order valence-corrected chi connectivity index (χ0v) is 11.4. The molecular weight excluding hydrogens is 272 g/mol. The minimum absolute atomic E-state index is 0.148. The zero-order chi connectivity index (χ0) is 14.8. The topological polar surface area (TPSA) is 81.8 Å². The maximum absolute atomic E-state index is 12.2. The van der Waals surface area contributed by atoms with E-state index in [1.165, 1.54) is 0 Å². The van der Waals surface area contributed by atoms with Crippen molar-refractivity contribution in [1.29, 1.82) is 0 Å². The van der Waals surface area contributed by atoms with Crippen LogP contribution in [0, 0.1) is 0 Å². The van der Waals surface area contributed by atoms with Gasteiger partial charge in [0.1, 0.15) is 0 Å². The Hall–Kier alpha value is -2.57. The van der Waals surface area contributed by atoms with Gasteiger partial charge in [0.15, 0.2) is 0 Å². The summed E-state index contributed by atoms with van der Waals surface area (Å²) in [6.07, 6.45) is 0. The number of para-hydroxylation sites is 1. The van der Waals surface area contributed by atoms with Gasteiger partial charge in [0.2, 0.25) is 0 Å². The molecule has 0 aromatic heterocycles. The molecule has 0 saturated carbocycles. The van der Waals surface area contributed by atoms with Crippen LogP contribution in [0.2, 0.25) is 0 Å². The lowest BCUT2D eigenvalue weighted by atomic mass is 10.1. The number of nitrogens with one attached hydrogen (secondary N) is 2. The second kappa shape index (κ2) is 5.43. The Bertz CT molecular complexity index is 575. The van der Waals surface area contributed by atoms with Crippen molar-refractivity contribution >= 4 is 23.5 Å². The van der Waals surface area contributed by atoms with Gasteiger partial charge in [-0.15, -0.1) is 0 Å². The number of piperazine rings is 2. The summed E-state index contributed by atoms with van der Waals surface area (Å²) in [5.74, 6) is -1.07. The van der Waals surface area contributed by atoms with E-state index in [2.05, 4.69) is 10.6 Å². The molecule has 1 atom stereocenters. The molecule has 21 heavy (non-hydrogen) atoms. The molecule has 7 heteroatoms. The third-order valence-corrected chi connectivity index (χ3v) is 3.75. The number of hydrogen-bond donors (Lipinski definition) is 2. The summed E-state index contributed by atoms with van der Waals surface area (Å²) in [5.41, 5.74) is 0.734. The average molecular weight is 288 g/mol. The van der Waals surface area contributed by atoms with Crippen LogP contribution in [0.25, 0.3) is 0 Å². The SMILES string of the molecule is O=C1NC[C@@H]2CN(C(=O)Nc3ccccc3)CCN2C1=O. The largest absolute Gasteiger partial charge is 0.346 e. The second-order valence-corrected chi connectivity index (χ2v) is 5.10. The van der Waals surface area contributed by atoms with Crippen molar-refractivity contribution in [2.45, 2.75) is 6.04 Å². The molecule has 0 aliphatic carbocycles. The van der Waals surface area contributed by atoms with Gasteiger partial charge >= 0.3 is 17.8 Å². The summed E-state index contributed by atoms with van der Waals surface area (Å²) in [6.45, 7) is 1.62. The molecule has 2 aliphatic heterocycles. The van der Waals surface area contributed by atoms with Gasteiger partial charge < -0.3 is 20.4 Å². The lowest BCUT2D eigenvalue weighted by Crippen LogP contribution is -2.66. The summed E-state index contributed by atoms with van der Waals surface area (Å²) in [6, 6.07) is 8.88. The summed E-state index contributed by atoms with van der Waals surface area (Å²) in [4.78, 5) is 38.5. The maximum Gasteiger partial charge on any atom is 0.321 e. The monoisotopic (exact) mass is 288 g/mol. The first-order chi connectivity index (χ1) is 10.1. The van der Waals surface area contributed by atoms with Crippen LogP contribution in [0.15, 0.2) is 30.3 Å². The van der Waals surface area contributed by atoms with Crippen LogP contribution >= 0.6 is 0 Å². The number of rotatable bonds is 1. The molecule has 0 bridgehead atoms. The number of carbonyl (C=O) groups is 3. The second-order valence-electron chi connectivity index (χ2n) is 5.10. The lowest BCUT2D eigenvalue weighted by molar-refractivity contribution is -0.152. The predicted molar refractivity (Wildman–Crippen MR) is 75.5 cm³/mol. The van der Waals surface area contributed by atoms with Crippen molar-refractivity contribution < 1.29 is 14.4 Å². The number of urea groups is 1. The van der Waals surface area contributed by atoms with Crippen LogP contribution < -0.4 is 10.6 Å². The van der Waals surface area contributed by atoms with Crippen LogP contribution in [-0.2, 0) is 9.59 Å². The quantitative estimate of drug-likeness (QED) is 0.706. The van der Waals surface area contributed by atoms with Crippen LogP contribution in [0.3, 0.4) is 0 Å². The molecule has 2 aliphatic rings. The Morgan fingerprint density at radius 3 is 2.71 bits per heavy atom. The normalized spacial score (nSPS) is 21.6. The van der Waals surface area contributed by atoms with Gasteiger partial charge in [-0.2, -0.15) is 0 Å². The first kappa shape index (κ1) is 13.4. The van der Waals surface area contributed by atoms with Gasteiger partial charge in [0.05, 0.1) is 6.04 Å². The molecule has 4 amide bonds. The standard InChI is InChI=1S/C14H16N4O3/c19-12-13(20)18-7-6-17(9-11(18)8-15-12)14(21)16-10-4-2-1-3-5-10/h1-5,11H,6-9H2,(H,15,19)(H,16,21)/t11-/m1/s1. The number of anilines is 1. The number of nitrogens with zero attached hydrogens (tertiary/aromatic N) is 2. The van der Waals surface area contributed by atoms with Gasteiger partial charge in [-0.25, -0.2) is 4.79 Å². The van der Waals surface area contributed by atoms with E-state index in [4.69, 9.17) is 0 Å². The van der Waals surface area contributed by atoms with Crippen LogP contribution in [0.4, 0.5) is 10.5 Å². The molecule has 2 heterocycles. The van der Waals surface area contributed by atoms with Crippen molar-refractivity contribution in [2.75, 3.05) is 31.5 Å². The van der Waals surface area contributed by atoms with Crippen molar-refractivity contribution in [3.05, 3.63) is 30.3 Å². The highest BCUT2D eigenvalue weighted by molar-refractivity contribution is 6.35. The lowest BCUT2D eigenvalue weighted by Gasteiger charge is -2.43. The Balaban J connectivity index is 1.63. The third-order valence-electron chi connectivity index (χ3n) is 3.75. The molecule has 3 rings (SSSR count). The molecule has 110 valence electrons. The fourth-order valence-electron chi connectivity index (χ4n) is 2.62. The van der Waals surface area contributed by atoms with Crippen LogP contribution in [0.1, 0.15) is 0 Å². The molecule has 2 saturated heterocycles. The van der Waals surface area contributed by atoms with Crippen LogP contribution in [-0.4, -0.2) is 59.9 Å². The number of carbonyl (C=O) groups excluding carboxylic acids is 3. The molecule has 2 N–H and O–H groups in total. The van der Waals surface area contributed by atoms with Crippen molar-refractivity contribution in [3.8, 4) is 0 Å². The molecular formula is C14H16N4O3. The third kappa shape index (κ3) is 2.67. The highest BCUT2D eigenvalue weighted by atomic mass is 16.2. The van der Waals surface area contributed by atoms with E-state index >= 15 is 0 Å². The highest BCUT2D eigenvalue weighted by Gasteiger charge is 2.38. The van der Waals surface area contributed by atoms with E-state index in [0.29, 0.717) is 26.2 Å². The number of hydrogen-bond acceptors (Lipinski definition) is 3. The maximum atomic E-state index is 12.2. The van der Waals surface area contributed by atoms with Crippen LogP contribution in [0.5, 0.6) is 0 Å². The van der Waals surface area contributed by atoms with Crippen molar-refractivity contribution in [2.24, 2.45) is 0 Å². The smallest absolute Gasteiger partial charge is 0.321 e. The zero-order valence-electron chi connectivity index (χ0n) is 11.4. The molecule has 7 nitrogen and oxygen atoms in total. The molecule has 1 aromatic rings. The fraction of sp³-hybridized carbons (Fsp3) is 0.357. The Labute approximate surface area is 121 Å². The Kier molecular flexibility index (Phi) is 3.47. The molecule has 0 spiro atoms. The van der Waals surface area contributed by atoms with Gasteiger partial charge in [0, 0.05) is 31.9 Å². The number of amides is 4. The van der Waals surface area contributed by atoms with Gasteiger partial charge in [-0.05, 0) is 12.1 Å². The summed E-state index contributed by atoms with van der Waals surface area (Å²) in [7, 11) is 0. The summed E-state index contributed by atoms with van der Waals surface area (Å²) < 4.78 is 0. The van der Waals surface area contributed by atoms with Gasteiger partial charge in [-0.3, -0.25) is 9.59 Å². The van der Waals surface area contributed by atoms with E-state index in [9.17, 15) is 14.4 Å². The van der Waals surface area contributed by atoms with E-state index < -0.39 is 11.8 Å². The van der Waals surface area contributed by atoms with Gasteiger partial charge in [-0.1, -0.05) is 18.2 Å². The highest BCUT2D eigenvalue weighted by Crippen LogP contribution is 2.14. The summed E-state index contributed by atoms with van der Waals surface area (Å²) in [5, 5.41) is 5.37. The van der Waals surface area contributed by atoms with E-state index in [1.54, 1.807) is 9.80 Å². The Morgan fingerprint density at radius 2 is 1.95 bits per heavy atom.